The Labute approximate surface area is 202 Å². The third kappa shape index (κ3) is 4.20. The van der Waals surface area contributed by atoms with Crippen LogP contribution < -0.4 is 15.6 Å². The van der Waals surface area contributed by atoms with Crippen LogP contribution in [0.3, 0.4) is 0 Å². The molecule has 8 nitrogen and oxygen atoms in total. The van der Waals surface area contributed by atoms with E-state index in [0.717, 1.165) is 49.4 Å². The lowest BCUT2D eigenvalue weighted by Crippen LogP contribution is -2.35. The summed E-state index contributed by atoms with van der Waals surface area (Å²) in [5.41, 5.74) is -1.11. The van der Waals surface area contributed by atoms with Gasteiger partial charge in [-0.3, -0.25) is 14.0 Å². The van der Waals surface area contributed by atoms with Crippen molar-refractivity contribution >= 4 is 49.3 Å². The van der Waals surface area contributed by atoms with E-state index in [0.29, 0.717) is 23.7 Å². The van der Waals surface area contributed by atoms with Crippen molar-refractivity contribution < 1.29 is 18.0 Å². The summed E-state index contributed by atoms with van der Waals surface area (Å²) in [5.74, 6) is -0.271. The van der Waals surface area contributed by atoms with Crippen molar-refractivity contribution in [3.63, 3.8) is 0 Å². The molecule has 35 heavy (non-hydrogen) atoms. The molecule has 1 aliphatic heterocycles. The average Bonchev–Trinajstić information content (AvgIpc) is 3.45. The number of likely N-dealkylation sites (tertiary alicyclic amines) is 1. The molecule has 1 N–H and O–H groups in total. The molecule has 3 aromatic heterocycles. The molecule has 1 saturated heterocycles. The minimum Gasteiger partial charge on any atom is -0.351 e. The molecule has 1 aromatic carbocycles. The van der Waals surface area contributed by atoms with Gasteiger partial charge in [0.25, 0.3) is 5.91 Å². The lowest BCUT2D eigenvalue weighted by atomic mass is 10.1. The lowest BCUT2D eigenvalue weighted by Gasteiger charge is -2.15. The van der Waals surface area contributed by atoms with Crippen LogP contribution in [0.2, 0.25) is 0 Å². The second-order valence-corrected chi connectivity index (χ2v) is 9.76. The van der Waals surface area contributed by atoms with E-state index in [2.05, 4.69) is 20.2 Å². The van der Waals surface area contributed by atoms with Crippen LogP contribution in [0.5, 0.6) is 0 Å². The van der Waals surface area contributed by atoms with Crippen molar-refractivity contribution in [1.82, 2.24) is 24.6 Å². The molecule has 0 bridgehead atoms. The number of thiazole rings is 1. The SMILES string of the molecule is CN(C)c1ncc2c(=O)c(C(=O)NCCN3CCCC3)c3sc4ccc(C(F)(F)F)cc4n3c2n1. The number of pyridine rings is 1. The van der Waals surface area contributed by atoms with E-state index < -0.39 is 23.1 Å². The highest BCUT2D eigenvalue weighted by molar-refractivity contribution is 7.24. The van der Waals surface area contributed by atoms with Gasteiger partial charge in [0, 0.05) is 33.4 Å². The number of hydrogen-bond acceptors (Lipinski definition) is 7. The number of carbonyl (C=O) groups is 1. The molecule has 0 saturated carbocycles. The third-order valence-corrected chi connectivity index (χ3v) is 7.27. The van der Waals surface area contributed by atoms with Gasteiger partial charge in [0.2, 0.25) is 11.4 Å². The molecule has 4 heterocycles. The fourth-order valence-electron chi connectivity index (χ4n) is 4.35. The summed E-state index contributed by atoms with van der Waals surface area (Å²) in [7, 11) is 3.44. The Morgan fingerprint density at radius 3 is 2.66 bits per heavy atom. The van der Waals surface area contributed by atoms with E-state index >= 15 is 0 Å². The molecule has 5 rings (SSSR count). The number of carbonyl (C=O) groups excluding carboxylic acids is 1. The predicted octanol–water partition coefficient (Wildman–Crippen LogP) is 3.37. The van der Waals surface area contributed by atoms with Gasteiger partial charge in [-0.2, -0.15) is 18.2 Å². The number of amides is 1. The van der Waals surface area contributed by atoms with Gasteiger partial charge in [-0.15, -0.1) is 11.3 Å². The number of alkyl halides is 3. The van der Waals surface area contributed by atoms with Gasteiger partial charge in [-0.05, 0) is 44.1 Å². The van der Waals surface area contributed by atoms with Gasteiger partial charge in [-0.25, -0.2) is 4.98 Å². The maximum absolute atomic E-state index is 13.5. The lowest BCUT2D eigenvalue weighted by molar-refractivity contribution is -0.137. The smallest absolute Gasteiger partial charge is 0.351 e. The largest absolute Gasteiger partial charge is 0.416 e. The van der Waals surface area contributed by atoms with Gasteiger partial charge >= 0.3 is 6.18 Å². The maximum atomic E-state index is 13.5. The number of hydrogen-bond donors (Lipinski definition) is 1. The van der Waals surface area contributed by atoms with E-state index in [-0.39, 0.29) is 26.9 Å². The van der Waals surface area contributed by atoms with Gasteiger partial charge in [-0.1, -0.05) is 0 Å². The van der Waals surface area contributed by atoms with Gasteiger partial charge in [0.15, 0.2) is 5.65 Å². The second-order valence-electron chi connectivity index (χ2n) is 8.73. The fourth-order valence-corrected chi connectivity index (χ4v) is 5.51. The van der Waals surface area contributed by atoms with Crippen molar-refractivity contribution in [2.45, 2.75) is 19.0 Å². The number of benzene rings is 1. The molecule has 184 valence electrons. The van der Waals surface area contributed by atoms with Crippen LogP contribution in [0.4, 0.5) is 19.1 Å². The standard InChI is InChI=1S/C23H23F3N6O2S/c1-30(2)22-28-12-14-18(33)17(20(34)27-7-10-31-8-3-4-9-31)21-32(19(14)29-22)15-11-13(23(24,25)26)5-6-16(15)35-21/h5-6,11-12H,3-4,7-10H2,1-2H3,(H,27,34). The summed E-state index contributed by atoms with van der Waals surface area (Å²) in [6.45, 7) is 2.98. The Bertz CT molecular complexity index is 1500. The molecule has 0 aliphatic carbocycles. The normalized spacial score (nSPS) is 14.9. The number of nitrogens with one attached hydrogen (secondary N) is 1. The summed E-state index contributed by atoms with van der Waals surface area (Å²) in [5, 5.41) is 2.88. The molecule has 1 aliphatic rings. The fraction of sp³-hybridized carbons (Fsp3) is 0.391. The summed E-state index contributed by atoms with van der Waals surface area (Å²) in [6, 6.07) is 3.37. The minimum atomic E-state index is -4.54. The molecule has 12 heteroatoms. The first-order valence-corrected chi connectivity index (χ1v) is 12.0. The number of fused-ring (bicyclic) bond motifs is 5. The molecule has 1 amide bonds. The number of nitrogens with zero attached hydrogens (tertiary/aromatic N) is 5. The summed E-state index contributed by atoms with van der Waals surface area (Å²) in [4.78, 5) is 39.4. The van der Waals surface area contributed by atoms with Crippen LogP contribution in [0.15, 0.2) is 29.2 Å². The molecule has 0 spiro atoms. The van der Waals surface area contributed by atoms with Gasteiger partial charge in [0.1, 0.15) is 10.4 Å². The molecule has 0 atom stereocenters. The first-order chi connectivity index (χ1) is 16.6. The second kappa shape index (κ2) is 8.76. The van der Waals surface area contributed by atoms with E-state index in [9.17, 15) is 22.8 Å². The first kappa shape index (κ1) is 23.5. The van der Waals surface area contributed by atoms with Crippen molar-refractivity contribution in [2.75, 3.05) is 45.2 Å². The number of halogens is 3. The predicted molar refractivity (Wildman–Crippen MR) is 129 cm³/mol. The zero-order chi connectivity index (χ0) is 24.9. The van der Waals surface area contributed by atoms with Crippen LogP contribution >= 0.6 is 11.3 Å². The zero-order valence-electron chi connectivity index (χ0n) is 19.1. The van der Waals surface area contributed by atoms with E-state index in [1.807, 2.05) is 0 Å². The molecular formula is C23H23F3N6O2S. The van der Waals surface area contributed by atoms with Crippen LogP contribution in [0.1, 0.15) is 28.8 Å². The topological polar surface area (TPSA) is 82.8 Å². The van der Waals surface area contributed by atoms with Crippen LogP contribution in [-0.4, -0.2) is 65.5 Å². The maximum Gasteiger partial charge on any atom is 0.416 e. The van der Waals surface area contributed by atoms with Gasteiger partial charge < -0.3 is 15.1 Å². The average molecular weight is 505 g/mol. The monoisotopic (exact) mass is 504 g/mol. The Hall–Kier alpha value is -3.25. The van der Waals surface area contributed by atoms with E-state index in [4.69, 9.17) is 0 Å². The Morgan fingerprint density at radius 2 is 1.97 bits per heavy atom. The molecule has 0 radical (unpaired) electrons. The van der Waals surface area contributed by atoms with Crippen molar-refractivity contribution in [2.24, 2.45) is 0 Å². The van der Waals surface area contributed by atoms with Gasteiger partial charge in [0.05, 0.1) is 21.2 Å². The zero-order valence-corrected chi connectivity index (χ0v) is 20.0. The quantitative estimate of drug-likeness (QED) is 0.449. The summed E-state index contributed by atoms with van der Waals surface area (Å²) >= 11 is 1.09. The van der Waals surface area contributed by atoms with Crippen molar-refractivity contribution in [3.8, 4) is 0 Å². The third-order valence-electron chi connectivity index (χ3n) is 6.13. The summed E-state index contributed by atoms with van der Waals surface area (Å²) < 4.78 is 42.4. The molecule has 4 aromatic rings. The number of anilines is 1. The Balaban J connectivity index is 1.71. The van der Waals surface area contributed by atoms with E-state index in [1.165, 1.54) is 16.7 Å². The van der Waals surface area contributed by atoms with Crippen LogP contribution in [0, 0.1) is 0 Å². The van der Waals surface area contributed by atoms with Crippen molar-refractivity contribution in [1.29, 1.82) is 0 Å². The molecule has 0 unspecified atom stereocenters. The number of rotatable bonds is 5. The highest BCUT2D eigenvalue weighted by atomic mass is 32.1. The molecular weight excluding hydrogens is 481 g/mol. The van der Waals surface area contributed by atoms with Crippen LogP contribution in [-0.2, 0) is 6.18 Å². The highest BCUT2D eigenvalue weighted by Gasteiger charge is 2.31. The molecule has 1 fully saturated rings. The Morgan fingerprint density at radius 1 is 1.23 bits per heavy atom. The van der Waals surface area contributed by atoms with E-state index in [1.54, 1.807) is 19.0 Å². The first-order valence-electron chi connectivity index (χ1n) is 11.2. The minimum absolute atomic E-state index is 0.0647. The van der Waals surface area contributed by atoms with Crippen molar-refractivity contribution in [3.05, 3.63) is 45.7 Å². The van der Waals surface area contributed by atoms with Crippen LogP contribution in [0.25, 0.3) is 26.1 Å². The number of aromatic nitrogens is 3. The highest BCUT2D eigenvalue weighted by Crippen LogP contribution is 2.36. The Kier molecular flexibility index (Phi) is 5.88. The summed E-state index contributed by atoms with van der Waals surface area (Å²) in [6.07, 6.45) is -0.976.